The van der Waals surface area contributed by atoms with Crippen LogP contribution in [0, 0.1) is 0 Å². The summed E-state index contributed by atoms with van der Waals surface area (Å²) in [5, 5.41) is 4.22. The van der Waals surface area contributed by atoms with Gasteiger partial charge in [-0.05, 0) is 19.0 Å². The van der Waals surface area contributed by atoms with Gasteiger partial charge in [0.1, 0.15) is 0 Å². The molecule has 1 aliphatic rings. The van der Waals surface area contributed by atoms with Crippen LogP contribution in [-0.2, 0) is 4.79 Å². The van der Waals surface area contributed by atoms with E-state index in [0.717, 1.165) is 0 Å². The summed E-state index contributed by atoms with van der Waals surface area (Å²) in [5.41, 5.74) is -0.573. The Morgan fingerprint density at radius 1 is 1.54 bits per heavy atom. The van der Waals surface area contributed by atoms with Crippen molar-refractivity contribution in [2.45, 2.75) is 13.3 Å². The van der Waals surface area contributed by atoms with E-state index in [1.807, 2.05) is 0 Å². The van der Waals surface area contributed by atoms with E-state index in [4.69, 9.17) is 9.60 Å². The molecule has 66 valence electrons. The molecular formula is C10H10N2O. The third-order valence-corrected chi connectivity index (χ3v) is 1.43. The maximum Gasteiger partial charge on any atom is 0.253 e. The monoisotopic (exact) mass is 181 g/mol. The van der Waals surface area contributed by atoms with Crippen LogP contribution in [0.15, 0.2) is 35.3 Å². The number of para-hydroxylation sites is 1. The van der Waals surface area contributed by atoms with Crippen molar-refractivity contribution in [3.8, 4) is 0 Å². The minimum absolute atomic E-state index is 0.130. The van der Waals surface area contributed by atoms with Crippen LogP contribution in [0.25, 0.3) is 0 Å². The summed E-state index contributed by atoms with van der Waals surface area (Å²) in [6.45, 7) is 1.30. The lowest BCUT2D eigenvalue weighted by atomic mass is 10.3. The van der Waals surface area contributed by atoms with Crippen molar-refractivity contribution in [1.82, 2.24) is 0 Å². The Morgan fingerprint density at radius 3 is 2.77 bits per heavy atom. The summed E-state index contributed by atoms with van der Waals surface area (Å²) in [6.07, 6.45) is -2.34. The van der Waals surface area contributed by atoms with Crippen molar-refractivity contribution in [3.05, 3.63) is 30.2 Å². The minimum atomic E-state index is -2.34. The van der Waals surface area contributed by atoms with Crippen LogP contribution in [0.1, 0.15) is 22.9 Å². The third kappa shape index (κ3) is 1.45. The highest BCUT2D eigenvalue weighted by molar-refractivity contribution is 6.12. The highest BCUT2D eigenvalue weighted by atomic mass is 16.2. The second-order valence-electron chi connectivity index (χ2n) is 2.40. The summed E-state index contributed by atoms with van der Waals surface area (Å²) in [7, 11) is 0. The van der Waals surface area contributed by atoms with E-state index in [9.17, 15) is 4.79 Å². The molecule has 0 saturated heterocycles. The Balaban J connectivity index is 2.71. The molecule has 0 saturated carbocycles. The number of hydrazone groups is 1. The Labute approximate surface area is 86.5 Å². The van der Waals surface area contributed by atoms with E-state index in [1.165, 1.54) is 6.92 Å². The van der Waals surface area contributed by atoms with Crippen LogP contribution in [-0.4, -0.2) is 11.6 Å². The van der Waals surface area contributed by atoms with Gasteiger partial charge in [-0.25, -0.2) is 5.01 Å². The molecule has 0 N–H and O–H groups in total. The van der Waals surface area contributed by atoms with Crippen LogP contribution >= 0.6 is 0 Å². The lowest BCUT2D eigenvalue weighted by Crippen LogP contribution is -2.19. The number of rotatable bonds is 1. The van der Waals surface area contributed by atoms with Crippen molar-refractivity contribution < 1.29 is 14.4 Å². The van der Waals surface area contributed by atoms with Crippen molar-refractivity contribution in [1.29, 1.82) is 0 Å². The van der Waals surface area contributed by atoms with Crippen LogP contribution in [0.4, 0.5) is 5.69 Å². The molecule has 1 amide bonds. The fourth-order valence-electron chi connectivity index (χ4n) is 0.929. The zero-order chi connectivity index (χ0) is 15.4. The highest BCUT2D eigenvalue weighted by Crippen LogP contribution is 2.19. The van der Waals surface area contributed by atoms with Gasteiger partial charge in [0.2, 0.25) is 0 Å². The van der Waals surface area contributed by atoms with Crippen LogP contribution < -0.4 is 5.01 Å². The van der Waals surface area contributed by atoms with Crippen LogP contribution in [0.2, 0.25) is 0 Å². The zero-order valence-electron chi connectivity index (χ0n) is 13.8. The Kier molecular flexibility index (Phi) is 0.754. The second-order valence-corrected chi connectivity index (χ2v) is 2.40. The van der Waals surface area contributed by atoms with Crippen molar-refractivity contribution in [3.63, 3.8) is 0 Å². The Hall–Kier alpha value is -1.64. The number of anilines is 1. The van der Waals surface area contributed by atoms with E-state index in [2.05, 4.69) is 5.10 Å². The summed E-state index contributed by atoms with van der Waals surface area (Å²) >= 11 is 0. The maximum absolute atomic E-state index is 12.0. The number of benzene rings is 1. The molecule has 0 atom stereocenters. The van der Waals surface area contributed by atoms with E-state index in [0.29, 0.717) is 5.01 Å². The molecule has 1 aliphatic heterocycles. The van der Waals surface area contributed by atoms with E-state index >= 15 is 0 Å². The highest BCUT2D eigenvalue weighted by Gasteiger charge is 2.21. The second kappa shape index (κ2) is 3.01. The quantitative estimate of drug-likeness (QED) is 0.650. The molecule has 1 aromatic rings. The third-order valence-electron chi connectivity index (χ3n) is 1.43. The number of hydrogen-bond donors (Lipinski definition) is 0. The maximum atomic E-state index is 12.0. The Bertz CT molecular complexity index is 626. The van der Waals surface area contributed by atoms with E-state index < -0.39 is 48.2 Å². The molecule has 0 aromatic heterocycles. The molecule has 13 heavy (non-hydrogen) atoms. The summed E-state index contributed by atoms with van der Waals surface area (Å²) in [4.78, 5) is 12.0. The summed E-state index contributed by atoms with van der Waals surface area (Å²) in [5.74, 6) is -1.08. The molecule has 3 heteroatoms. The Morgan fingerprint density at radius 2 is 2.23 bits per heavy atom. The van der Waals surface area contributed by atoms with Gasteiger partial charge in [0.15, 0.2) is 0 Å². The van der Waals surface area contributed by atoms with Gasteiger partial charge in [0.25, 0.3) is 5.91 Å². The molecule has 0 aliphatic carbocycles. The zero-order valence-corrected chi connectivity index (χ0v) is 6.80. The molecule has 0 bridgehead atoms. The van der Waals surface area contributed by atoms with Gasteiger partial charge in [-0.1, -0.05) is 18.1 Å². The van der Waals surface area contributed by atoms with E-state index in [-0.39, 0.29) is 5.71 Å². The predicted octanol–water partition coefficient (Wildman–Crippen LogP) is 1.80. The number of hydrogen-bond acceptors (Lipinski definition) is 2. The number of nitrogens with zero attached hydrogens (tertiary/aromatic N) is 2. The molecule has 2 rings (SSSR count). The van der Waals surface area contributed by atoms with Gasteiger partial charge < -0.3 is 0 Å². The fourth-order valence-corrected chi connectivity index (χ4v) is 0.929. The molecule has 1 aromatic carbocycles. The van der Waals surface area contributed by atoms with Crippen LogP contribution in [0.5, 0.6) is 0 Å². The van der Waals surface area contributed by atoms with Crippen molar-refractivity contribution >= 4 is 17.3 Å². The van der Waals surface area contributed by atoms with Gasteiger partial charge in [-0.15, -0.1) is 0 Å². The molecular weight excluding hydrogens is 164 g/mol. The van der Waals surface area contributed by atoms with Gasteiger partial charge in [-0.3, -0.25) is 4.79 Å². The molecule has 3 nitrogen and oxygen atoms in total. The van der Waals surface area contributed by atoms with Gasteiger partial charge >= 0.3 is 0 Å². The normalized spacial score (nSPS) is 27.8. The first-order valence-corrected chi connectivity index (χ1v) is 3.57. The minimum Gasteiger partial charge on any atom is -0.272 e. The van der Waals surface area contributed by atoms with Crippen molar-refractivity contribution in [2.24, 2.45) is 5.10 Å². The van der Waals surface area contributed by atoms with E-state index in [1.54, 1.807) is 0 Å². The smallest absolute Gasteiger partial charge is 0.253 e. The average molecular weight is 181 g/mol. The number of carbonyl (C=O) groups excluding carboxylic acids is 1. The van der Waals surface area contributed by atoms with Gasteiger partial charge in [0, 0.05) is 8.45 Å². The fraction of sp³-hybridized carbons (Fsp3) is 0.200. The first-order valence-electron chi connectivity index (χ1n) is 7.07. The molecule has 0 radical (unpaired) electrons. The van der Waals surface area contributed by atoms with Gasteiger partial charge in [0.05, 0.1) is 18.9 Å². The summed E-state index contributed by atoms with van der Waals surface area (Å²) in [6, 6.07) is -2.99. The molecule has 0 spiro atoms. The van der Waals surface area contributed by atoms with Crippen LogP contribution in [0.3, 0.4) is 0 Å². The largest absolute Gasteiger partial charge is 0.272 e. The summed E-state index contributed by atoms with van der Waals surface area (Å²) < 4.78 is 53.1. The SMILES string of the molecule is [2H]c1c([2H])c([2H])c(N2N=C(C)C([2H])([2H])C2=O)c([2H])c1[2H]. The lowest BCUT2D eigenvalue weighted by Gasteiger charge is -2.10. The molecule has 0 unspecified atom stereocenters. The predicted molar refractivity (Wildman–Crippen MR) is 51.7 cm³/mol. The molecule has 0 fully saturated rings. The number of carbonyl (C=O) groups is 1. The topological polar surface area (TPSA) is 32.7 Å². The lowest BCUT2D eigenvalue weighted by molar-refractivity contribution is -0.116. The number of amides is 1. The first kappa shape index (κ1) is 3.25. The average Bonchev–Trinajstić information content (AvgIpc) is 2.58. The van der Waals surface area contributed by atoms with Crippen molar-refractivity contribution in [2.75, 3.05) is 5.01 Å². The standard InChI is InChI=1S/C10H10N2O/c1-8-7-10(13)12(11-8)9-5-3-2-4-6-9/h2-6H,7H2,1H3/i2D,3D,4D,5D,6D,7D2. The molecule has 1 heterocycles. The first-order chi connectivity index (χ1) is 9.10. The van der Waals surface area contributed by atoms with Gasteiger partial charge in [-0.2, -0.15) is 5.10 Å².